The topological polar surface area (TPSA) is 148 Å². The second-order valence-corrected chi connectivity index (χ2v) is 10.6. The van der Waals surface area contributed by atoms with E-state index in [0.29, 0.717) is 32.1 Å². The summed E-state index contributed by atoms with van der Waals surface area (Å²) in [5.41, 5.74) is 5.95. The normalized spacial score (nSPS) is 18.7. The molecule has 0 aliphatic heterocycles. The average molecular weight is 596 g/mol. The Bertz CT molecular complexity index is 1580. The highest BCUT2D eigenvalue weighted by Crippen LogP contribution is 2.41. The average Bonchev–Trinajstić information content (AvgIpc) is 2.97. The van der Waals surface area contributed by atoms with Crippen LogP contribution < -0.4 is 21.1 Å². The van der Waals surface area contributed by atoms with E-state index >= 15 is 0 Å². The zero-order valence-corrected chi connectivity index (χ0v) is 22.7. The van der Waals surface area contributed by atoms with E-state index in [1.165, 1.54) is 24.3 Å². The van der Waals surface area contributed by atoms with Crippen LogP contribution in [0.25, 0.3) is 0 Å². The number of fused-ring (bicyclic) bond motifs is 2. The van der Waals surface area contributed by atoms with Crippen molar-refractivity contribution in [3.05, 3.63) is 88.5 Å². The van der Waals surface area contributed by atoms with Crippen LogP contribution in [0.5, 0.6) is 11.5 Å². The fourth-order valence-electron chi connectivity index (χ4n) is 5.51. The maximum absolute atomic E-state index is 13.7. The van der Waals surface area contributed by atoms with Crippen molar-refractivity contribution >= 4 is 29.1 Å². The molecule has 2 aliphatic rings. The molecule has 0 heterocycles. The van der Waals surface area contributed by atoms with E-state index in [-0.39, 0.29) is 40.4 Å². The van der Waals surface area contributed by atoms with Crippen LogP contribution in [0, 0.1) is 0 Å². The van der Waals surface area contributed by atoms with E-state index in [1.807, 2.05) is 30.3 Å². The summed E-state index contributed by atoms with van der Waals surface area (Å²) >= 11 is 0. The summed E-state index contributed by atoms with van der Waals surface area (Å²) in [5.74, 6) is -5.64. The highest BCUT2D eigenvalue weighted by molar-refractivity contribution is 6.32. The number of phenolic OH excluding ortho intramolecular Hbond substituents is 1. The number of esters is 1. The number of hydrogen-bond acceptors (Lipinski definition) is 8. The largest absolute Gasteiger partial charge is 0.507 e. The zero-order valence-electron chi connectivity index (χ0n) is 22.7. The molecule has 3 aromatic rings. The highest BCUT2D eigenvalue weighted by atomic mass is 19.4. The van der Waals surface area contributed by atoms with Gasteiger partial charge in [-0.2, -0.15) is 13.2 Å². The lowest BCUT2D eigenvalue weighted by atomic mass is 9.81. The van der Waals surface area contributed by atoms with E-state index in [0.717, 1.165) is 11.6 Å². The molecule has 0 spiro atoms. The summed E-state index contributed by atoms with van der Waals surface area (Å²) < 4.78 is 43.1. The third-order valence-electron chi connectivity index (χ3n) is 7.64. The van der Waals surface area contributed by atoms with Gasteiger partial charge in [-0.05, 0) is 55.9 Å². The Kier molecular flexibility index (Phi) is 8.23. The van der Waals surface area contributed by atoms with Crippen LogP contribution in [0.3, 0.4) is 0 Å². The quantitative estimate of drug-likeness (QED) is 0.142. The first-order valence-electron chi connectivity index (χ1n) is 13.7. The highest BCUT2D eigenvalue weighted by Gasteiger charge is 2.43. The van der Waals surface area contributed by atoms with E-state index in [2.05, 4.69) is 15.4 Å². The van der Waals surface area contributed by atoms with Crippen LogP contribution in [0.2, 0.25) is 0 Å². The minimum absolute atomic E-state index is 0.109. The van der Waals surface area contributed by atoms with Crippen LogP contribution in [0.1, 0.15) is 63.1 Å². The van der Waals surface area contributed by atoms with Gasteiger partial charge in [0.25, 0.3) is 0 Å². The van der Waals surface area contributed by atoms with Crippen LogP contribution in [-0.4, -0.2) is 52.9 Å². The summed E-state index contributed by atoms with van der Waals surface area (Å²) in [7, 11) is 0. The number of alkyl halides is 3. The minimum Gasteiger partial charge on any atom is -0.507 e. The van der Waals surface area contributed by atoms with E-state index < -0.39 is 46.8 Å². The molecular formula is C31H28F3N3O6. The van der Waals surface area contributed by atoms with Crippen molar-refractivity contribution in [1.82, 2.24) is 5.32 Å². The van der Waals surface area contributed by atoms with Crippen molar-refractivity contribution in [2.75, 3.05) is 5.32 Å². The number of aromatic hydroxyl groups is 1. The third-order valence-corrected chi connectivity index (χ3v) is 7.64. The van der Waals surface area contributed by atoms with Crippen molar-refractivity contribution < 1.29 is 42.2 Å². The summed E-state index contributed by atoms with van der Waals surface area (Å²) in [6.45, 7) is 0. The smallest absolute Gasteiger partial charge is 0.491 e. The Balaban J connectivity index is 1.29. The summed E-state index contributed by atoms with van der Waals surface area (Å²) in [5, 5.41) is 16.7. The molecule has 3 aromatic carbocycles. The van der Waals surface area contributed by atoms with Crippen LogP contribution >= 0.6 is 0 Å². The van der Waals surface area contributed by atoms with Gasteiger partial charge in [0.1, 0.15) is 11.5 Å². The van der Waals surface area contributed by atoms with Crippen molar-refractivity contribution in [2.24, 2.45) is 5.73 Å². The number of amides is 1. The molecular weight excluding hydrogens is 567 g/mol. The second-order valence-electron chi connectivity index (χ2n) is 10.6. The molecule has 1 saturated carbocycles. The maximum Gasteiger partial charge on any atom is 0.491 e. The first-order chi connectivity index (χ1) is 20.4. The van der Waals surface area contributed by atoms with Crippen molar-refractivity contribution in [1.29, 1.82) is 0 Å². The molecule has 43 heavy (non-hydrogen) atoms. The van der Waals surface area contributed by atoms with Gasteiger partial charge in [0.15, 0.2) is 11.6 Å². The van der Waals surface area contributed by atoms with E-state index in [4.69, 9.17) is 5.73 Å². The number of rotatable bonds is 7. The van der Waals surface area contributed by atoms with Gasteiger partial charge in [0.05, 0.1) is 22.7 Å². The molecule has 5 N–H and O–H groups in total. The molecule has 5 rings (SSSR count). The van der Waals surface area contributed by atoms with Gasteiger partial charge in [0.2, 0.25) is 5.91 Å². The van der Waals surface area contributed by atoms with E-state index in [9.17, 15) is 37.5 Å². The molecule has 0 bridgehead atoms. The molecule has 1 fully saturated rings. The number of halogens is 3. The first kappa shape index (κ1) is 29.8. The molecule has 9 nitrogen and oxygen atoms in total. The van der Waals surface area contributed by atoms with Gasteiger partial charge >= 0.3 is 12.1 Å². The first-order valence-corrected chi connectivity index (χ1v) is 13.7. The predicted molar refractivity (Wildman–Crippen MR) is 149 cm³/mol. The molecule has 0 radical (unpaired) electrons. The number of benzene rings is 3. The number of ketones is 2. The zero-order chi connectivity index (χ0) is 30.9. The summed E-state index contributed by atoms with van der Waals surface area (Å²) in [6, 6.07) is 14.5. The number of ether oxygens (including phenoxy) is 1. The SMILES string of the molecule is N[C@@H](Cc1ccccc1)C(=O)NC1CCC(Nc2ccc(O)c3c2C(=O)c2c(OC(=O)C(F)(F)F)cccc2C3=O)CC1. The number of anilines is 1. The van der Waals surface area contributed by atoms with Gasteiger partial charge < -0.3 is 26.2 Å². The molecule has 1 atom stereocenters. The van der Waals surface area contributed by atoms with Crippen molar-refractivity contribution in [3.63, 3.8) is 0 Å². The van der Waals surface area contributed by atoms with Gasteiger partial charge in [-0.25, -0.2) is 4.79 Å². The fraction of sp³-hybridized carbons (Fsp3) is 0.290. The van der Waals surface area contributed by atoms with E-state index in [1.54, 1.807) is 0 Å². The molecule has 12 heteroatoms. The Labute approximate surface area is 244 Å². The van der Waals surface area contributed by atoms with Gasteiger partial charge in [-0.3, -0.25) is 14.4 Å². The van der Waals surface area contributed by atoms with Crippen LogP contribution in [0.4, 0.5) is 18.9 Å². The number of carbonyl (C=O) groups excluding carboxylic acids is 4. The fourth-order valence-corrected chi connectivity index (χ4v) is 5.51. The molecule has 224 valence electrons. The van der Waals surface area contributed by atoms with Crippen LogP contribution in [0.15, 0.2) is 60.7 Å². The lowest BCUT2D eigenvalue weighted by molar-refractivity contribution is -0.189. The Morgan fingerprint density at radius 1 is 0.884 bits per heavy atom. The third kappa shape index (κ3) is 6.24. The predicted octanol–water partition coefficient (Wildman–Crippen LogP) is 4.04. The molecule has 0 saturated heterocycles. The number of hydrogen-bond donors (Lipinski definition) is 4. The summed E-state index contributed by atoms with van der Waals surface area (Å²) in [6.07, 6.45) is -2.53. The van der Waals surface area contributed by atoms with Gasteiger partial charge in [-0.15, -0.1) is 0 Å². The number of nitrogens with one attached hydrogen (secondary N) is 2. The standard InChI is InChI=1S/C31H28F3N3O6/c32-31(33,34)30(42)43-23-8-4-7-19-24(23)28(40)25-21(13-14-22(38)26(25)27(19)39)36-17-9-11-18(12-10-17)37-29(41)20(35)15-16-5-2-1-3-6-16/h1-8,13-14,17-18,20,36,38H,9-12,15,35H2,(H,37,41)/t17?,18?,20-/m0/s1. The van der Waals surface area contributed by atoms with Gasteiger partial charge in [-0.1, -0.05) is 42.5 Å². The Hall–Kier alpha value is -4.71. The van der Waals surface area contributed by atoms with Crippen molar-refractivity contribution in [3.8, 4) is 11.5 Å². The molecule has 0 unspecified atom stereocenters. The monoisotopic (exact) mass is 595 g/mol. The Morgan fingerprint density at radius 2 is 1.56 bits per heavy atom. The Morgan fingerprint density at radius 3 is 2.23 bits per heavy atom. The number of nitrogens with two attached hydrogens (primary N) is 1. The van der Waals surface area contributed by atoms with Gasteiger partial charge in [0, 0.05) is 23.3 Å². The van der Waals surface area contributed by atoms with Crippen molar-refractivity contribution in [2.45, 2.75) is 56.4 Å². The lowest BCUT2D eigenvalue weighted by Crippen LogP contribution is -2.48. The summed E-state index contributed by atoms with van der Waals surface area (Å²) in [4.78, 5) is 51.1. The molecule has 2 aliphatic carbocycles. The lowest BCUT2D eigenvalue weighted by Gasteiger charge is -2.32. The second kappa shape index (κ2) is 11.9. The minimum atomic E-state index is -5.32. The number of carbonyl (C=O) groups is 4. The molecule has 0 aromatic heterocycles. The molecule has 1 amide bonds. The number of phenols is 1. The van der Waals surface area contributed by atoms with Crippen LogP contribution in [-0.2, 0) is 16.0 Å². The maximum atomic E-state index is 13.7.